The second-order valence-electron chi connectivity index (χ2n) is 6.92. The molecule has 3 rings (SSSR count). The lowest BCUT2D eigenvalue weighted by Crippen LogP contribution is -2.20. The lowest BCUT2D eigenvalue weighted by molar-refractivity contribution is -0.163. The Morgan fingerprint density at radius 3 is 2.45 bits per heavy atom. The van der Waals surface area contributed by atoms with Gasteiger partial charge in [-0.2, -0.15) is 5.10 Å². The van der Waals surface area contributed by atoms with Crippen molar-refractivity contribution in [3.8, 4) is 0 Å². The third kappa shape index (κ3) is 5.41. The van der Waals surface area contributed by atoms with E-state index in [0.717, 1.165) is 22.5 Å². The molecule has 0 aliphatic carbocycles. The molecule has 0 saturated carbocycles. The molecule has 0 N–H and O–H groups in total. The Morgan fingerprint density at radius 1 is 1.10 bits per heavy atom. The predicted molar refractivity (Wildman–Crippen MR) is 119 cm³/mol. The average molecular weight is 439 g/mol. The Balaban J connectivity index is 1.76. The molecule has 0 aliphatic heterocycles. The molecule has 1 unspecified atom stereocenters. The van der Waals surface area contributed by atoms with Crippen molar-refractivity contribution in [1.29, 1.82) is 0 Å². The van der Waals surface area contributed by atoms with Crippen LogP contribution in [0.1, 0.15) is 34.2 Å². The molecule has 0 saturated heterocycles. The van der Waals surface area contributed by atoms with Crippen molar-refractivity contribution in [1.82, 2.24) is 9.78 Å². The van der Waals surface area contributed by atoms with Crippen molar-refractivity contribution in [2.45, 2.75) is 26.5 Å². The van der Waals surface area contributed by atoms with Crippen molar-refractivity contribution in [3.05, 3.63) is 93.8 Å². The van der Waals surface area contributed by atoms with Gasteiger partial charge in [0, 0.05) is 27.9 Å². The number of ether oxygens (including phenoxy) is 2. The number of carbonyl (C=O) groups is 2. The van der Waals surface area contributed by atoms with Gasteiger partial charge in [0.05, 0.1) is 19.3 Å². The molecule has 0 bridgehead atoms. The van der Waals surface area contributed by atoms with Crippen LogP contribution in [-0.4, -0.2) is 28.8 Å². The van der Waals surface area contributed by atoms with Crippen LogP contribution < -0.4 is 0 Å². The van der Waals surface area contributed by atoms with Gasteiger partial charge in [-0.1, -0.05) is 60.1 Å². The maximum Gasteiger partial charge on any atom is 0.351 e. The van der Waals surface area contributed by atoms with E-state index in [2.05, 4.69) is 5.10 Å². The first kappa shape index (κ1) is 22.3. The summed E-state index contributed by atoms with van der Waals surface area (Å²) < 4.78 is 12.0. The standard InChI is InChI=1S/C24H23ClN2O4/c1-16-20(17(2)27(26-16)15-19-11-7-8-12-21(19)25)13-14-22(28)31-23(24(29)30-3)18-9-5-4-6-10-18/h4-14,23H,15H2,1-3H3/b14-13+. The SMILES string of the molecule is COC(=O)C(OC(=O)/C=C/c1c(C)nn(Cc2ccccc2Cl)c1C)c1ccccc1. The van der Waals surface area contributed by atoms with Gasteiger partial charge in [0.2, 0.25) is 6.10 Å². The molecule has 2 aromatic carbocycles. The van der Waals surface area contributed by atoms with Gasteiger partial charge < -0.3 is 9.47 Å². The molecule has 1 aromatic heterocycles. The molecule has 3 aromatic rings. The molecule has 0 aliphatic rings. The van der Waals surface area contributed by atoms with Crippen LogP contribution in [0.2, 0.25) is 5.02 Å². The third-order valence-electron chi connectivity index (χ3n) is 4.85. The van der Waals surface area contributed by atoms with E-state index in [0.29, 0.717) is 17.1 Å². The van der Waals surface area contributed by atoms with Crippen molar-refractivity contribution in [2.24, 2.45) is 0 Å². The summed E-state index contributed by atoms with van der Waals surface area (Å²) in [5.74, 6) is -1.30. The molecule has 6 nitrogen and oxygen atoms in total. The topological polar surface area (TPSA) is 70.4 Å². The number of carbonyl (C=O) groups excluding carboxylic acids is 2. The Kier molecular flexibility index (Phi) is 7.26. The number of hydrogen-bond donors (Lipinski definition) is 0. The quantitative estimate of drug-likeness (QED) is 0.396. The van der Waals surface area contributed by atoms with Crippen LogP contribution in [-0.2, 0) is 25.6 Å². The third-order valence-corrected chi connectivity index (χ3v) is 5.22. The maximum atomic E-state index is 12.4. The van der Waals surface area contributed by atoms with Gasteiger partial charge in [-0.25, -0.2) is 9.59 Å². The number of nitrogens with zero attached hydrogens (tertiary/aromatic N) is 2. The smallest absolute Gasteiger partial charge is 0.351 e. The van der Waals surface area contributed by atoms with Crippen molar-refractivity contribution in [3.63, 3.8) is 0 Å². The highest BCUT2D eigenvalue weighted by molar-refractivity contribution is 6.31. The van der Waals surface area contributed by atoms with Gasteiger partial charge in [-0.05, 0) is 31.6 Å². The highest BCUT2D eigenvalue weighted by Crippen LogP contribution is 2.22. The summed E-state index contributed by atoms with van der Waals surface area (Å²) in [6.45, 7) is 4.30. The number of hydrogen-bond acceptors (Lipinski definition) is 5. The zero-order chi connectivity index (χ0) is 22.4. The molecule has 1 heterocycles. The Bertz CT molecular complexity index is 1110. The van der Waals surface area contributed by atoms with Crippen molar-refractivity contribution < 1.29 is 19.1 Å². The minimum atomic E-state index is -1.13. The first-order valence-electron chi connectivity index (χ1n) is 9.69. The highest BCUT2D eigenvalue weighted by Gasteiger charge is 2.25. The van der Waals surface area contributed by atoms with Crippen molar-refractivity contribution in [2.75, 3.05) is 7.11 Å². The van der Waals surface area contributed by atoms with Crippen molar-refractivity contribution >= 4 is 29.6 Å². The number of rotatable bonds is 7. The van der Waals surface area contributed by atoms with E-state index >= 15 is 0 Å². The fraction of sp³-hybridized carbons (Fsp3) is 0.208. The molecule has 31 heavy (non-hydrogen) atoms. The van der Waals surface area contributed by atoms with Crippen LogP contribution in [0.25, 0.3) is 6.08 Å². The summed E-state index contributed by atoms with van der Waals surface area (Å²) >= 11 is 6.26. The molecule has 0 fully saturated rings. The highest BCUT2D eigenvalue weighted by atomic mass is 35.5. The van der Waals surface area contributed by atoms with E-state index in [1.165, 1.54) is 13.2 Å². The lowest BCUT2D eigenvalue weighted by atomic mass is 10.1. The van der Waals surface area contributed by atoms with Crippen LogP contribution in [0.15, 0.2) is 60.7 Å². The molecule has 160 valence electrons. The minimum Gasteiger partial charge on any atom is -0.466 e. The molecule has 7 heteroatoms. The van der Waals surface area contributed by atoms with Gasteiger partial charge in [-0.3, -0.25) is 4.68 Å². The van der Waals surface area contributed by atoms with E-state index < -0.39 is 18.0 Å². The fourth-order valence-corrected chi connectivity index (χ4v) is 3.38. The lowest BCUT2D eigenvalue weighted by Gasteiger charge is -2.14. The number of halogens is 1. The monoisotopic (exact) mass is 438 g/mol. The largest absolute Gasteiger partial charge is 0.466 e. The van der Waals surface area contributed by atoms with Gasteiger partial charge in [-0.15, -0.1) is 0 Å². The predicted octanol–water partition coefficient (Wildman–Crippen LogP) is 4.67. The summed E-state index contributed by atoms with van der Waals surface area (Å²) in [7, 11) is 1.25. The Hall–Kier alpha value is -3.38. The summed E-state index contributed by atoms with van der Waals surface area (Å²) in [5, 5.41) is 5.23. The molecule has 0 radical (unpaired) electrons. The number of aromatic nitrogens is 2. The normalized spacial score (nSPS) is 12.0. The molecular weight excluding hydrogens is 416 g/mol. The molecule has 1 atom stereocenters. The van der Waals surface area contributed by atoms with Gasteiger partial charge >= 0.3 is 11.9 Å². The fourth-order valence-electron chi connectivity index (χ4n) is 3.19. The van der Waals surface area contributed by atoms with E-state index in [1.54, 1.807) is 30.3 Å². The number of methoxy groups -OCH3 is 1. The average Bonchev–Trinajstić information content (AvgIpc) is 3.04. The van der Waals surface area contributed by atoms with E-state index in [1.807, 2.05) is 48.9 Å². The van der Waals surface area contributed by atoms with Crippen LogP contribution in [0.5, 0.6) is 0 Å². The van der Waals surface area contributed by atoms with Crippen LogP contribution in [0, 0.1) is 13.8 Å². The summed E-state index contributed by atoms with van der Waals surface area (Å²) in [6.07, 6.45) is 1.80. The van der Waals surface area contributed by atoms with Gasteiger partial charge in [0.25, 0.3) is 0 Å². The first-order chi connectivity index (χ1) is 14.9. The van der Waals surface area contributed by atoms with E-state index in [9.17, 15) is 9.59 Å². The zero-order valence-electron chi connectivity index (χ0n) is 17.5. The summed E-state index contributed by atoms with van der Waals surface area (Å²) in [4.78, 5) is 24.5. The second-order valence-corrected chi connectivity index (χ2v) is 7.32. The van der Waals surface area contributed by atoms with Crippen LogP contribution >= 0.6 is 11.6 Å². The first-order valence-corrected chi connectivity index (χ1v) is 10.1. The molecule has 0 spiro atoms. The molecule has 0 amide bonds. The number of esters is 2. The second kappa shape index (κ2) is 10.1. The minimum absolute atomic E-state index is 0.517. The van der Waals surface area contributed by atoms with Crippen LogP contribution in [0.3, 0.4) is 0 Å². The Labute approximate surface area is 186 Å². The Morgan fingerprint density at radius 2 is 1.77 bits per heavy atom. The summed E-state index contributed by atoms with van der Waals surface area (Å²) in [5.41, 5.74) is 3.94. The van der Waals surface area contributed by atoms with E-state index in [-0.39, 0.29) is 0 Å². The summed E-state index contributed by atoms with van der Waals surface area (Å²) in [6, 6.07) is 16.3. The van der Waals surface area contributed by atoms with Crippen LogP contribution in [0.4, 0.5) is 0 Å². The number of benzene rings is 2. The number of aryl methyl sites for hydroxylation is 1. The van der Waals surface area contributed by atoms with Gasteiger partial charge in [0.1, 0.15) is 0 Å². The maximum absolute atomic E-state index is 12.4. The van der Waals surface area contributed by atoms with Gasteiger partial charge in [0.15, 0.2) is 0 Å². The molecular formula is C24H23ClN2O4. The van der Waals surface area contributed by atoms with E-state index in [4.69, 9.17) is 21.1 Å². The zero-order valence-corrected chi connectivity index (χ0v) is 18.3.